The Hall–Kier alpha value is -2.34. The first-order chi connectivity index (χ1) is 11.0. The van der Waals surface area contributed by atoms with E-state index in [0.717, 1.165) is 17.7 Å². The highest BCUT2D eigenvalue weighted by atomic mass is 32.1. The summed E-state index contributed by atoms with van der Waals surface area (Å²) < 4.78 is 13.4. The zero-order valence-electron chi connectivity index (χ0n) is 12.9. The summed E-state index contributed by atoms with van der Waals surface area (Å²) in [5.74, 6) is 1.49. The molecule has 0 fully saturated rings. The average Bonchev–Trinajstić information content (AvgIpc) is 3.07. The van der Waals surface area contributed by atoms with E-state index in [-0.39, 0.29) is 17.8 Å². The molecule has 5 nitrogen and oxygen atoms in total. The minimum absolute atomic E-state index is 0.0921. The van der Waals surface area contributed by atoms with Gasteiger partial charge in [0.15, 0.2) is 16.5 Å². The van der Waals surface area contributed by atoms with Crippen molar-refractivity contribution in [2.75, 3.05) is 0 Å². The third kappa shape index (κ3) is 2.59. The Bertz CT molecular complexity index is 942. The first-order valence-corrected chi connectivity index (χ1v) is 8.29. The van der Waals surface area contributed by atoms with Crippen LogP contribution >= 0.6 is 11.3 Å². The largest absolute Gasteiger partial charge is 0.483 e. The lowest BCUT2D eigenvalue weighted by Crippen LogP contribution is -2.24. The van der Waals surface area contributed by atoms with Crippen molar-refractivity contribution in [3.8, 4) is 11.5 Å². The lowest BCUT2D eigenvalue weighted by atomic mass is 10.0. The molecule has 4 rings (SSSR count). The fraction of sp³-hybridized carbons (Fsp3) is 0.294. The molecule has 6 heteroatoms. The SMILES string of the molecule is CC1(C)Cc2cccc(OCc3cc(=O)n4ccsc4n3)c2O1. The summed E-state index contributed by atoms with van der Waals surface area (Å²) in [6.07, 6.45) is 2.58. The van der Waals surface area contributed by atoms with Crippen LogP contribution < -0.4 is 15.0 Å². The number of fused-ring (bicyclic) bond motifs is 2. The summed E-state index contributed by atoms with van der Waals surface area (Å²) in [5.41, 5.74) is 1.46. The predicted octanol–water partition coefficient (Wildman–Crippen LogP) is 3.05. The van der Waals surface area contributed by atoms with E-state index in [1.165, 1.54) is 21.8 Å². The Morgan fingerprint density at radius 1 is 1.43 bits per heavy atom. The fourth-order valence-corrected chi connectivity index (χ4v) is 3.55. The average molecular weight is 328 g/mol. The van der Waals surface area contributed by atoms with Crippen molar-refractivity contribution >= 4 is 16.3 Å². The van der Waals surface area contributed by atoms with Crippen LogP contribution in [-0.2, 0) is 13.0 Å². The topological polar surface area (TPSA) is 52.8 Å². The maximum atomic E-state index is 12.0. The normalized spacial score (nSPS) is 15.4. The molecule has 1 aliphatic rings. The van der Waals surface area contributed by atoms with Gasteiger partial charge in [-0.15, -0.1) is 11.3 Å². The van der Waals surface area contributed by atoms with Crippen LogP contribution in [0.3, 0.4) is 0 Å². The number of hydrogen-bond acceptors (Lipinski definition) is 5. The molecular formula is C17H16N2O3S. The number of para-hydroxylation sites is 1. The van der Waals surface area contributed by atoms with E-state index in [2.05, 4.69) is 24.9 Å². The maximum Gasteiger partial charge on any atom is 0.258 e. The monoisotopic (exact) mass is 328 g/mol. The Kier molecular flexibility index (Phi) is 3.16. The molecule has 1 aliphatic heterocycles. The van der Waals surface area contributed by atoms with Crippen molar-refractivity contribution in [2.24, 2.45) is 0 Å². The minimum Gasteiger partial charge on any atom is -0.483 e. The maximum absolute atomic E-state index is 12.0. The van der Waals surface area contributed by atoms with Crippen molar-refractivity contribution < 1.29 is 9.47 Å². The van der Waals surface area contributed by atoms with Crippen LogP contribution in [0.4, 0.5) is 0 Å². The van der Waals surface area contributed by atoms with Gasteiger partial charge < -0.3 is 9.47 Å². The Morgan fingerprint density at radius 2 is 2.30 bits per heavy atom. The minimum atomic E-state index is -0.214. The number of hydrogen-bond donors (Lipinski definition) is 0. The smallest absolute Gasteiger partial charge is 0.258 e. The molecule has 0 unspecified atom stereocenters. The number of aromatic nitrogens is 2. The quantitative estimate of drug-likeness (QED) is 0.741. The van der Waals surface area contributed by atoms with Gasteiger partial charge in [-0.2, -0.15) is 0 Å². The van der Waals surface area contributed by atoms with Gasteiger partial charge in [0.2, 0.25) is 0 Å². The van der Waals surface area contributed by atoms with Gasteiger partial charge >= 0.3 is 0 Å². The Morgan fingerprint density at radius 3 is 3.17 bits per heavy atom. The second kappa shape index (κ2) is 5.09. The molecule has 0 bridgehead atoms. The Balaban J connectivity index is 1.60. The molecule has 2 aromatic heterocycles. The second-order valence-electron chi connectivity index (χ2n) is 6.21. The highest BCUT2D eigenvalue weighted by Crippen LogP contribution is 2.41. The first-order valence-electron chi connectivity index (χ1n) is 7.41. The highest BCUT2D eigenvalue weighted by Gasteiger charge is 2.32. The zero-order valence-corrected chi connectivity index (χ0v) is 13.7. The molecule has 0 saturated heterocycles. The van der Waals surface area contributed by atoms with E-state index >= 15 is 0 Å². The van der Waals surface area contributed by atoms with Crippen molar-refractivity contribution in [3.63, 3.8) is 0 Å². The van der Waals surface area contributed by atoms with Crippen molar-refractivity contribution in [3.05, 3.63) is 57.5 Å². The lowest BCUT2D eigenvalue weighted by molar-refractivity contribution is 0.131. The van der Waals surface area contributed by atoms with E-state index < -0.39 is 0 Å². The molecule has 0 atom stereocenters. The van der Waals surface area contributed by atoms with Crippen LogP contribution in [0.15, 0.2) is 40.6 Å². The van der Waals surface area contributed by atoms with E-state index in [9.17, 15) is 4.79 Å². The number of nitrogens with zero attached hydrogens (tertiary/aromatic N) is 2. The number of benzene rings is 1. The highest BCUT2D eigenvalue weighted by molar-refractivity contribution is 7.15. The van der Waals surface area contributed by atoms with E-state index in [0.29, 0.717) is 16.4 Å². The van der Waals surface area contributed by atoms with Crippen LogP contribution in [0.1, 0.15) is 25.1 Å². The third-order valence-electron chi connectivity index (χ3n) is 3.79. The van der Waals surface area contributed by atoms with Gasteiger partial charge in [0.05, 0.1) is 5.69 Å². The lowest BCUT2D eigenvalue weighted by Gasteiger charge is -2.18. The van der Waals surface area contributed by atoms with Crippen LogP contribution in [0.2, 0.25) is 0 Å². The first kappa shape index (κ1) is 14.3. The van der Waals surface area contributed by atoms with Crippen molar-refractivity contribution in [1.29, 1.82) is 0 Å². The van der Waals surface area contributed by atoms with Crippen LogP contribution in [-0.4, -0.2) is 15.0 Å². The summed E-state index contributed by atoms with van der Waals surface area (Å²) >= 11 is 1.43. The molecular weight excluding hydrogens is 312 g/mol. The summed E-state index contributed by atoms with van der Waals surface area (Å²) in [4.78, 5) is 17.1. The molecule has 0 N–H and O–H groups in total. The van der Waals surface area contributed by atoms with Gasteiger partial charge in [0.25, 0.3) is 5.56 Å². The molecule has 0 amide bonds. The molecule has 1 aromatic carbocycles. The molecule has 3 heterocycles. The molecule has 0 saturated carbocycles. The van der Waals surface area contributed by atoms with Gasteiger partial charge in [-0.25, -0.2) is 4.98 Å². The second-order valence-corrected chi connectivity index (χ2v) is 7.09. The fourth-order valence-electron chi connectivity index (χ4n) is 2.81. The number of ether oxygens (including phenoxy) is 2. The van der Waals surface area contributed by atoms with Gasteiger partial charge in [-0.3, -0.25) is 9.20 Å². The molecule has 118 valence electrons. The van der Waals surface area contributed by atoms with Crippen LogP contribution in [0.25, 0.3) is 4.96 Å². The third-order valence-corrected chi connectivity index (χ3v) is 4.54. The summed E-state index contributed by atoms with van der Waals surface area (Å²) in [6.45, 7) is 4.36. The van der Waals surface area contributed by atoms with E-state index in [1.54, 1.807) is 6.20 Å². The standard InChI is InChI=1S/C17H16N2O3S/c1-17(2)9-11-4-3-5-13(15(11)22-17)21-10-12-8-14(20)19-6-7-23-16(19)18-12/h3-8H,9-10H2,1-2H3. The van der Waals surface area contributed by atoms with Gasteiger partial charge in [0.1, 0.15) is 12.2 Å². The summed E-state index contributed by atoms with van der Waals surface area (Å²) in [5, 5.41) is 1.84. The van der Waals surface area contributed by atoms with E-state index in [1.807, 2.05) is 17.5 Å². The molecule has 0 radical (unpaired) electrons. The molecule has 0 aliphatic carbocycles. The molecule has 0 spiro atoms. The summed E-state index contributed by atoms with van der Waals surface area (Å²) in [7, 11) is 0. The molecule has 3 aromatic rings. The van der Waals surface area contributed by atoms with Crippen molar-refractivity contribution in [2.45, 2.75) is 32.5 Å². The molecule has 23 heavy (non-hydrogen) atoms. The van der Waals surface area contributed by atoms with Gasteiger partial charge in [-0.05, 0) is 19.9 Å². The van der Waals surface area contributed by atoms with Gasteiger partial charge in [0, 0.05) is 29.6 Å². The zero-order chi connectivity index (χ0) is 16.0. The summed E-state index contributed by atoms with van der Waals surface area (Å²) in [6, 6.07) is 7.41. The number of rotatable bonds is 3. The van der Waals surface area contributed by atoms with Gasteiger partial charge in [-0.1, -0.05) is 12.1 Å². The predicted molar refractivity (Wildman–Crippen MR) is 88.5 cm³/mol. The Labute approximate surface area is 137 Å². The van der Waals surface area contributed by atoms with Crippen LogP contribution in [0, 0.1) is 0 Å². The van der Waals surface area contributed by atoms with Crippen molar-refractivity contribution in [1.82, 2.24) is 9.38 Å². The van der Waals surface area contributed by atoms with Crippen LogP contribution in [0.5, 0.6) is 11.5 Å². The van der Waals surface area contributed by atoms with E-state index in [4.69, 9.17) is 9.47 Å². The number of thiazole rings is 1.